The van der Waals surface area contributed by atoms with Crippen LogP contribution in [0.25, 0.3) is 0 Å². The molecular weight excluding hydrogens is 272 g/mol. The molecule has 0 N–H and O–H groups in total. The van der Waals surface area contributed by atoms with Crippen LogP contribution in [0.2, 0.25) is 0 Å². The maximum Gasteiger partial charge on any atom is 0.338 e. The topological polar surface area (TPSA) is 26.3 Å². The van der Waals surface area contributed by atoms with Crippen molar-refractivity contribution in [3.8, 4) is 0 Å². The van der Waals surface area contributed by atoms with E-state index in [1.54, 1.807) is 0 Å². The SMILES string of the molecule is C=CCCC1CCC(OC(=O)c2ccc(CC=C)cc2)CC1. The van der Waals surface area contributed by atoms with Crippen LogP contribution >= 0.6 is 0 Å². The van der Waals surface area contributed by atoms with Crippen LogP contribution in [0, 0.1) is 5.92 Å². The van der Waals surface area contributed by atoms with E-state index in [-0.39, 0.29) is 12.1 Å². The molecule has 0 aliphatic heterocycles. The van der Waals surface area contributed by atoms with Crippen molar-refractivity contribution in [2.75, 3.05) is 0 Å². The number of allylic oxidation sites excluding steroid dienone is 2. The van der Waals surface area contributed by atoms with Gasteiger partial charge in [-0.3, -0.25) is 0 Å². The van der Waals surface area contributed by atoms with E-state index in [0.29, 0.717) is 5.56 Å². The first kappa shape index (κ1) is 16.5. The maximum atomic E-state index is 12.2. The van der Waals surface area contributed by atoms with Gasteiger partial charge in [-0.1, -0.05) is 24.3 Å². The minimum absolute atomic E-state index is 0.0836. The molecule has 1 fully saturated rings. The Hall–Kier alpha value is -1.83. The van der Waals surface area contributed by atoms with Gasteiger partial charge in [-0.05, 0) is 68.6 Å². The van der Waals surface area contributed by atoms with E-state index in [2.05, 4.69) is 13.2 Å². The van der Waals surface area contributed by atoms with Crippen molar-refractivity contribution in [1.29, 1.82) is 0 Å². The fraction of sp³-hybridized carbons (Fsp3) is 0.450. The van der Waals surface area contributed by atoms with Crippen molar-refractivity contribution in [3.05, 3.63) is 60.7 Å². The highest BCUT2D eigenvalue weighted by molar-refractivity contribution is 5.89. The number of ether oxygens (including phenoxy) is 1. The summed E-state index contributed by atoms with van der Waals surface area (Å²) in [6, 6.07) is 7.61. The molecule has 0 atom stereocenters. The molecule has 0 spiro atoms. The molecule has 2 nitrogen and oxygen atoms in total. The minimum atomic E-state index is -0.195. The lowest BCUT2D eigenvalue weighted by molar-refractivity contribution is 0.0162. The average Bonchev–Trinajstić information content (AvgIpc) is 2.55. The summed E-state index contributed by atoms with van der Waals surface area (Å²) in [7, 11) is 0. The van der Waals surface area contributed by atoms with Crippen LogP contribution in [0.3, 0.4) is 0 Å². The van der Waals surface area contributed by atoms with Crippen molar-refractivity contribution in [2.45, 2.75) is 51.0 Å². The molecule has 1 aliphatic carbocycles. The molecule has 0 bridgehead atoms. The molecule has 0 heterocycles. The second-order valence-corrected chi connectivity index (χ2v) is 6.10. The number of hydrogen-bond donors (Lipinski definition) is 0. The number of rotatable bonds is 7. The standard InChI is InChI=1S/C20H26O2/c1-3-5-7-17-10-14-19(15-11-17)22-20(21)18-12-8-16(6-4-2)9-13-18/h3-4,8-9,12-13,17,19H,1-2,5-7,10-11,14-15H2. The van der Waals surface area contributed by atoms with Crippen molar-refractivity contribution in [2.24, 2.45) is 5.92 Å². The Kier molecular flexibility index (Phi) is 6.45. The largest absolute Gasteiger partial charge is 0.459 e. The quantitative estimate of drug-likeness (QED) is 0.517. The van der Waals surface area contributed by atoms with Crippen molar-refractivity contribution >= 4 is 5.97 Å². The predicted molar refractivity (Wildman–Crippen MR) is 90.9 cm³/mol. The Labute approximate surface area is 133 Å². The highest BCUT2D eigenvalue weighted by atomic mass is 16.5. The first-order chi connectivity index (χ1) is 10.7. The van der Waals surface area contributed by atoms with Crippen LogP contribution in [0.1, 0.15) is 54.4 Å². The van der Waals surface area contributed by atoms with E-state index < -0.39 is 0 Å². The first-order valence-corrected chi connectivity index (χ1v) is 8.24. The molecule has 0 amide bonds. The second-order valence-electron chi connectivity index (χ2n) is 6.10. The molecule has 2 heteroatoms. The molecule has 0 radical (unpaired) electrons. The van der Waals surface area contributed by atoms with Gasteiger partial charge < -0.3 is 4.74 Å². The summed E-state index contributed by atoms with van der Waals surface area (Å²) in [4.78, 5) is 12.2. The molecular formula is C20H26O2. The Morgan fingerprint density at radius 3 is 2.36 bits per heavy atom. The third-order valence-electron chi connectivity index (χ3n) is 4.42. The van der Waals surface area contributed by atoms with Gasteiger partial charge in [-0.25, -0.2) is 4.79 Å². The van der Waals surface area contributed by atoms with E-state index in [9.17, 15) is 4.79 Å². The summed E-state index contributed by atoms with van der Waals surface area (Å²) in [5, 5.41) is 0. The summed E-state index contributed by atoms with van der Waals surface area (Å²) >= 11 is 0. The first-order valence-electron chi connectivity index (χ1n) is 8.24. The normalized spacial score (nSPS) is 21.1. The Balaban J connectivity index is 1.80. The van der Waals surface area contributed by atoms with Gasteiger partial charge in [0.1, 0.15) is 6.10 Å². The predicted octanol–water partition coefficient (Wildman–Crippen LogP) is 5.10. The van der Waals surface area contributed by atoms with E-state index >= 15 is 0 Å². The Morgan fingerprint density at radius 1 is 1.09 bits per heavy atom. The highest BCUT2D eigenvalue weighted by Crippen LogP contribution is 2.29. The van der Waals surface area contributed by atoms with Gasteiger partial charge in [0.25, 0.3) is 0 Å². The minimum Gasteiger partial charge on any atom is -0.459 e. The lowest BCUT2D eigenvalue weighted by atomic mass is 9.84. The van der Waals surface area contributed by atoms with Crippen LogP contribution in [-0.2, 0) is 11.2 Å². The molecule has 118 valence electrons. The van der Waals surface area contributed by atoms with E-state index in [4.69, 9.17) is 4.74 Å². The van der Waals surface area contributed by atoms with E-state index in [1.165, 1.54) is 6.42 Å². The van der Waals surface area contributed by atoms with Gasteiger partial charge in [0.2, 0.25) is 0 Å². The number of carbonyl (C=O) groups is 1. The summed E-state index contributed by atoms with van der Waals surface area (Å²) in [6.45, 7) is 7.49. The fourth-order valence-electron chi connectivity index (χ4n) is 3.05. The average molecular weight is 298 g/mol. The van der Waals surface area contributed by atoms with E-state index in [1.807, 2.05) is 36.4 Å². The molecule has 0 aromatic heterocycles. The molecule has 1 aromatic carbocycles. The molecule has 1 aromatic rings. The van der Waals surface area contributed by atoms with Gasteiger partial charge in [0.05, 0.1) is 5.56 Å². The Morgan fingerprint density at radius 2 is 1.77 bits per heavy atom. The zero-order valence-electron chi connectivity index (χ0n) is 13.3. The summed E-state index contributed by atoms with van der Waals surface area (Å²) < 4.78 is 5.65. The third kappa shape index (κ3) is 4.87. The van der Waals surface area contributed by atoms with Gasteiger partial charge in [-0.2, -0.15) is 0 Å². The summed E-state index contributed by atoms with van der Waals surface area (Å²) in [5.41, 5.74) is 1.80. The number of hydrogen-bond acceptors (Lipinski definition) is 2. The smallest absolute Gasteiger partial charge is 0.338 e. The van der Waals surface area contributed by atoms with Gasteiger partial charge in [-0.15, -0.1) is 13.2 Å². The lowest BCUT2D eigenvalue weighted by Crippen LogP contribution is -2.24. The van der Waals surface area contributed by atoms with Crippen molar-refractivity contribution < 1.29 is 9.53 Å². The summed E-state index contributed by atoms with van der Waals surface area (Å²) in [5.74, 6) is 0.575. The van der Waals surface area contributed by atoms with Gasteiger partial charge in [0.15, 0.2) is 0 Å². The van der Waals surface area contributed by atoms with Crippen LogP contribution < -0.4 is 0 Å². The monoisotopic (exact) mass is 298 g/mol. The molecule has 1 aliphatic rings. The third-order valence-corrected chi connectivity index (χ3v) is 4.42. The maximum absolute atomic E-state index is 12.2. The number of carbonyl (C=O) groups excluding carboxylic acids is 1. The van der Waals surface area contributed by atoms with Crippen LogP contribution in [0.15, 0.2) is 49.6 Å². The van der Waals surface area contributed by atoms with Gasteiger partial charge >= 0.3 is 5.97 Å². The Bertz CT molecular complexity index is 493. The molecule has 1 saturated carbocycles. The molecule has 22 heavy (non-hydrogen) atoms. The number of benzene rings is 1. The molecule has 2 rings (SSSR count). The van der Waals surface area contributed by atoms with Crippen LogP contribution in [0.5, 0.6) is 0 Å². The van der Waals surface area contributed by atoms with Crippen LogP contribution in [0.4, 0.5) is 0 Å². The highest BCUT2D eigenvalue weighted by Gasteiger charge is 2.23. The molecule has 0 saturated heterocycles. The van der Waals surface area contributed by atoms with Crippen LogP contribution in [-0.4, -0.2) is 12.1 Å². The zero-order valence-corrected chi connectivity index (χ0v) is 13.3. The zero-order chi connectivity index (χ0) is 15.8. The van der Waals surface area contributed by atoms with Gasteiger partial charge in [0, 0.05) is 0 Å². The second kappa shape index (κ2) is 8.57. The number of esters is 1. The van der Waals surface area contributed by atoms with E-state index in [0.717, 1.165) is 50.0 Å². The summed E-state index contributed by atoms with van der Waals surface area (Å²) in [6.07, 6.45) is 11.4. The lowest BCUT2D eigenvalue weighted by Gasteiger charge is -2.28. The van der Waals surface area contributed by atoms with Crippen molar-refractivity contribution in [3.63, 3.8) is 0 Å². The van der Waals surface area contributed by atoms with Crippen molar-refractivity contribution in [1.82, 2.24) is 0 Å². The molecule has 0 unspecified atom stereocenters. The fourth-order valence-corrected chi connectivity index (χ4v) is 3.05.